The molecule has 1 fully saturated rings. The number of aromatic amines is 1. The number of amides is 1. The molecule has 0 saturated carbocycles. The molecule has 0 radical (unpaired) electrons. The van der Waals surface area contributed by atoms with Crippen molar-refractivity contribution < 1.29 is 4.79 Å². The molecular weight excluding hydrogens is 525 g/mol. The lowest BCUT2D eigenvalue weighted by atomic mass is 9.95. The summed E-state index contributed by atoms with van der Waals surface area (Å²) in [6.45, 7) is 4.49. The van der Waals surface area contributed by atoms with Crippen LogP contribution in [-0.4, -0.2) is 58.4 Å². The van der Waals surface area contributed by atoms with Gasteiger partial charge in [0.05, 0.1) is 39.5 Å². The molecule has 1 amide bonds. The number of anilines is 1. The van der Waals surface area contributed by atoms with Crippen LogP contribution in [0.25, 0.3) is 22.2 Å². The summed E-state index contributed by atoms with van der Waals surface area (Å²) >= 11 is 12.3. The van der Waals surface area contributed by atoms with Gasteiger partial charge in [0.2, 0.25) is 0 Å². The van der Waals surface area contributed by atoms with E-state index in [9.17, 15) is 4.79 Å². The SMILES string of the molecule is CCn1cnc2c(NCc3nc4cc(Cl)c(Cl)cc4[nH]3)nc(C3CCN(C(=O)c4cccnc4)CC3)nc21. The van der Waals surface area contributed by atoms with Crippen LogP contribution >= 0.6 is 23.2 Å². The van der Waals surface area contributed by atoms with Crippen molar-refractivity contribution in [1.29, 1.82) is 0 Å². The second-order valence-corrected chi connectivity index (χ2v) is 10.1. The molecule has 1 aliphatic rings. The van der Waals surface area contributed by atoms with Crippen LogP contribution in [0.4, 0.5) is 5.82 Å². The minimum Gasteiger partial charge on any atom is -0.361 e. The molecular formula is C26H25Cl2N9O. The number of H-pyrrole nitrogens is 1. The molecule has 5 aromatic rings. The van der Waals surface area contributed by atoms with E-state index in [1.165, 1.54) is 0 Å². The summed E-state index contributed by atoms with van der Waals surface area (Å²) in [6.07, 6.45) is 6.63. The van der Waals surface area contributed by atoms with Crippen molar-refractivity contribution in [3.05, 3.63) is 70.2 Å². The number of nitrogens with zero attached hydrogens (tertiary/aromatic N) is 7. The summed E-state index contributed by atoms with van der Waals surface area (Å²) in [6, 6.07) is 7.09. The van der Waals surface area contributed by atoms with Crippen LogP contribution in [0.15, 0.2) is 43.0 Å². The summed E-state index contributed by atoms with van der Waals surface area (Å²) in [4.78, 5) is 41.1. The molecule has 12 heteroatoms. The molecule has 6 rings (SSSR count). The number of fused-ring (bicyclic) bond motifs is 2. The quantitative estimate of drug-likeness (QED) is 0.304. The number of likely N-dealkylation sites (tertiary alicyclic amines) is 1. The number of carbonyl (C=O) groups is 1. The van der Waals surface area contributed by atoms with Gasteiger partial charge in [0, 0.05) is 37.9 Å². The first-order valence-electron chi connectivity index (χ1n) is 12.5. The topological polar surface area (TPSA) is 118 Å². The first kappa shape index (κ1) is 24.6. The molecule has 1 aromatic carbocycles. The number of rotatable bonds is 6. The van der Waals surface area contributed by atoms with Gasteiger partial charge < -0.3 is 19.8 Å². The Morgan fingerprint density at radius 2 is 1.97 bits per heavy atom. The van der Waals surface area contributed by atoms with Gasteiger partial charge in [-0.25, -0.2) is 19.9 Å². The van der Waals surface area contributed by atoms with Gasteiger partial charge in [-0.1, -0.05) is 23.2 Å². The van der Waals surface area contributed by atoms with E-state index in [0.29, 0.717) is 46.6 Å². The largest absolute Gasteiger partial charge is 0.361 e. The highest BCUT2D eigenvalue weighted by molar-refractivity contribution is 6.42. The third-order valence-electron chi connectivity index (χ3n) is 6.87. The molecule has 1 aliphatic heterocycles. The number of imidazole rings is 2. The van der Waals surface area contributed by atoms with E-state index in [4.69, 9.17) is 33.2 Å². The fourth-order valence-electron chi connectivity index (χ4n) is 4.82. The number of aryl methyl sites for hydroxylation is 1. The second kappa shape index (κ2) is 10.2. The van der Waals surface area contributed by atoms with Crippen molar-refractivity contribution in [3.63, 3.8) is 0 Å². The summed E-state index contributed by atoms with van der Waals surface area (Å²) in [5.41, 5.74) is 3.66. The Hall–Kier alpha value is -3.76. The minimum atomic E-state index is 0.00717. The third-order valence-corrected chi connectivity index (χ3v) is 7.60. The van der Waals surface area contributed by atoms with Gasteiger partial charge >= 0.3 is 0 Å². The Bertz CT molecular complexity index is 1590. The first-order chi connectivity index (χ1) is 18.5. The molecule has 38 heavy (non-hydrogen) atoms. The predicted octanol–water partition coefficient (Wildman–Crippen LogP) is 5.06. The molecule has 5 heterocycles. The van der Waals surface area contributed by atoms with Crippen molar-refractivity contribution in [2.24, 2.45) is 0 Å². The molecule has 0 spiro atoms. The van der Waals surface area contributed by atoms with Crippen molar-refractivity contribution in [3.8, 4) is 0 Å². The molecule has 4 aromatic heterocycles. The van der Waals surface area contributed by atoms with Crippen molar-refractivity contribution in [1.82, 2.24) is 39.4 Å². The van der Waals surface area contributed by atoms with E-state index in [0.717, 1.165) is 47.7 Å². The van der Waals surface area contributed by atoms with Crippen molar-refractivity contribution in [2.45, 2.75) is 38.8 Å². The Labute approximate surface area is 228 Å². The standard InChI is InChI=1S/C26H25Cl2N9O/c1-2-36-14-31-22-24(30-13-21-32-19-10-17(27)18(28)11-20(19)33-21)34-23(35-25(22)36)15-5-8-37(9-6-15)26(38)16-4-3-7-29-12-16/h3-4,7,10-12,14-15H,2,5-6,8-9,13H2,1H3,(H,32,33)(H,30,34,35). The van der Waals surface area contributed by atoms with Gasteiger partial charge in [-0.15, -0.1) is 0 Å². The van der Waals surface area contributed by atoms with E-state index in [2.05, 4.69) is 32.2 Å². The monoisotopic (exact) mass is 549 g/mol. The predicted molar refractivity (Wildman–Crippen MR) is 147 cm³/mol. The number of pyridine rings is 1. The lowest BCUT2D eigenvalue weighted by Gasteiger charge is -2.31. The highest BCUT2D eigenvalue weighted by Crippen LogP contribution is 2.30. The first-order valence-corrected chi connectivity index (χ1v) is 13.3. The molecule has 1 saturated heterocycles. The number of hydrogen-bond donors (Lipinski definition) is 2. The summed E-state index contributed by atoms with van der Waals surface area (Å²) in [5, 5.41) is 4.34. The average Bonchev–Trinajstić information content (AvgIpc) is 3.55. The number of piperidine rings is 1. The van der Waals surface area contributed by atoms with Crippen LogP contribution in [0, 0.1) is 0 Å². The molecule has 0 atom stereocenters. The van der Waals surface area contributed by atoms with Gasteiger partial charge in [0.1, 0.15) is 17.2 Å². The lowest BCUT2D eigenvalue weighted by molar-refractivity contribution is 0.0710. The van der Waals surface area contributed by atoms with Crippen LogP contribution in [0.5, 0.6) is 0 Å². The fraction of sp³-hybridized carbons (Fsp3) is 0.308. The minimum absolute atomic E-state index is 0.00717. The molecule has 0 unspecified atom stereocenters. The van der Waals surface area contributed by atoms with Crippen LogP contribution in [0.3, 0.4) is 0 Å². The van der Waals surface area contributed by atoms with Gasteiger partial charge in [-0.05, 0) is 44.0 Å². The highest BCUT2D eigenvalue weighted by Gasteiger charge is 2.27. The average molecular weight is 550 g/mol. The van der Waals surface area contributed by atoms with Crippen molar-refractivity contribution >= 4 is 57.1 Å². The Morgan fingerprint density at radius 1 is 1.16 bits per heavy atom. The van der Waals surface area contributed by atoms with E-state index < -0.39 is 0 Å². The lowest BCUT2D eigenvalue weighted by Crippen LogP contribution is -2.38. The van der Waals surface area contributed by atoms with E-state index in [-0.39, 0.29) is 11.8 Å². The third kappa shape index (κ3) is 4.65. The zero-order valence-electron chi connectivity index (χ0n) is 20.7. The number of halogens is 2. The maximum absolute atomic E-state index is 12.9. The van der Waals surface area contributed by atoms with Gasteiger partial charge in [0.25, 0.3) is 5.91 Å². The number of aromatic nitrogens is 7. The van der Waals surface area contributed by atoms with Crippen LogP contribution in [0.1, 0.15) is 47.7 Å². The van der Waals surface area contributed by atoms with Crippen LogP contribution in [0.2, 0.25) is 10.0 Å². The number of hydrogen-bond acceptors (Lipinski definition) is 7. The maximum atomic E-state index is 12.9. The Morgan fingerprint density at radius 3 is 2.74 bits per heavy atom. The summed E-state index contributed by atoms with van der Waals surface area (Å²) in [7, 11) is 0. The summed E-state index contributed by atoms with van der Waals surface area (Å²) in [5.74, 6) is 2.28. The highest BCUT2D eigenvalue weighted by atomic mass is 35.5. The zero-order chi connectivity index (χ0) is 26.2. The van der Waals surface area contributed by atoms with Crippen molar-refractivity contribution in [2.75, 3.05) is 18.4 Å². The second-order valence-electron chi connectivity index (χ2n) is 9.26. The Balaban J connectivity index is 1.23. The Kier molecular flexibility index (Phi) is 6.59. The zero-order valence-corrected chi connectivity index (χ0v) is 22.2. The van der Waals surface area contributed by atoms with E-state index >= 15 is 0 Å². The number of carbonyl (C=O) groups excluding carboxylic acids is 1. The van der Waals surface area contributed by atoms with Crippen LogP contribution in [-0.2, 0) is 13.1 Å². The molecule has 10 nitrogen and oxygen atoms in total. The van der Waals surface area contributed by atoms with E-state index in [1.54, 1.807) is 43.0 Å². The van der Waals surface area contributed by atoms with Crippen LogP contribution < -0.4 is 5.32 Å². The number of benzene rings is 1. The normalized spacial score (nSPS) is 14.4. The smallest absolute Gasteiger partial charge is 0.255 e. The fourth-order valence-corrected chi connectivity index (χ4v) is 5.14. The molecule has 194 valence electrons. The maximum Gasteiger partial charge on any atom is 0.255 e. The number of nitrogens with one attached hydrogen (secondary N) is 2. The van der Waals surface area contributed by atoms with Gasteiger partial charge in [-0.3, -0.25) is 9.78 Å². The molecule has 2 N–H and O–H groups in total. The molecule has 0 bridgehead atoms. The molecule has 0 aliphatic carbocycles. The van der Waals surface area contributed by atoms with Gasteiger partial charge in [0.15, 0.2) is 11.5 Å². The van der Waals surface area contributed by atoms with E-state index in [1.807, 2.05) is 9.47 Å². The van der Waals surface area contributed by atoms with Gasteiger partial charge in [-0.2, -0.15) is 0 Å². The summed E-state index contributed by atoms with van der Waals surface area (Å²) < 4.78 is 2.01.